The molecule has 1 N–H and O–H groups in total. The van der Waals surface area contributed by atoms with Crippen molar-refractivity contribution in [2.24, 2.45) is 0 Å². The molecule has 138 valence electrons. The van der Waals surface area contributed by atoms with Gasteiger partial charge in [0.2, 0.25) is 0 Å². The van der Waals surface area contributed by atoms with E-state index in [1.54, 1.807) is 6.08 Å². The lowest BCUT2D eigenvalue weighted by Gasteiger charge is -2.09. The van der Waals surface area contributed by atoms with E-state index >= 15 is 0 Å². The van der Waals surface area contributed by atoms with E-state index in [0.717, 1.165) is 54.7 Å². The van der Waals surface area contributed by atoms with Gasteiger partial charge in [0, 0.05) is 22.8 Å². The van der Waals surface area contributed by atoms with Crippen LogP contribution in [0.15, 0.2) is 11.6 Å². The lowest BCUT2D eigenvalue weighted by molar-refractivity contribution is -0.112. The van der Waals surface area contributed by atoms with Crippen LogP contribution < -0.4 is 5.32 Å². The number of carbonyl (C=O) groups excluding carboxylic acids is 1. The molecule has 2 heterocycles. The van der Waals surface area contributed by atoms with Gasteiger partial charge in [0.05, 0.1) is 5.56 Å². The first-order valence-electron chi connectivity index (χ1n) is 9.14. The van der Waals surface area contributed by atoms with Gasteiger partial charge in [-0.3, -0.25) is 4.79 Å². The van der Waals surface area contributed by atoms with Crippen molar-refractivity contribution in [1.29, 1.82) is 10.5 Å². The average molecular weight is 379 g/mol. The van der Waals surface area contributed by atoms with E-state index in [1.165, 1.54) is 16.2 Å². The Kier molecular flexibility index (Phi) is 5.48. The zero-order valence-electron chi connectivity index (χ0n) is 15.8. The fourth-order valence-electron chi connectivity index (χ4n) is 3.71. The molecular formula is C21H22N4OS. The topological polar surface area (TPSA) is 81.6 Å². The molecule has 1 aliphatic rings. The molecule has 0 radical (unpaired) electrons. The molecule has 1 amide bonds. The van der Waals surface area contributed by atoms with Crippen molar-refractivity contribution in [1.82, 2.24) is 4.57 Å². The Balaban J connectivity index is 1.90. The minimum Gasteiger partial charge on any atom is -0.349 e. The van der Waals surface area contributed by atoms with Gasteiger partial charge in [-0.15, -0.1) is 11.3 Å². The molecule has 0 aromatic carbocycles. The van der Waals surface area contributed by atoms with Crippen LogP contribution in [0.1, 0.15) is 52.7 Å². The quantitative estimate of drug-likeness (QED) is 0.629. The normalized spacial score (nSPS) is 13.6. The summed E-state index contributed by atoms with van der Waals surface area (Å²) in [4.78, 5) is 13.9. The smallest absolute Gasteiger partial charge is 0.266 e. The first kappa shape index (κ1) is 18.9. The SMILES string of the molecule is CCn1c(C)cc(/C=C(\C#N)C(=O)Nc2sc3c(c2C#N)CCCC3)c1C. The predicted molar refractivity (Wildman–Crippen MR) is 107 cm³/mol. The van der Waals surface area contributed by atoms with E-state index in [2.05, 4.69) is 22.9 Å². The van der Waals surface area contributed by atoms with E-state index in [-0.39, 0.29) is 5.57 Å². The Hall–Kier alpha value is -2.83. The number of nitrogens with zero attached hydrogens (tertiary/aromatic N) is 3. The van der Waals surface area contributed by atoms with Gasteiger partial charge in [0.15, 0.2) is 0 Å². The summed E-state index contributed by atoms with van der Waals surface area (Å²) in [6, 6.07) is 6.22. The molecule has 5 nitrogen and oxygen atoms in total. The monoisotopic (exact) mass is 378 g/mol. The highest BCUT2D eigenvalue weighted by molar-refractivity contribution is 7.16. The molecular weight excluding hydrogens is 356 g/mol. The van der Waals surface area contributed by atoms with Crippen molar-refractivity contribution in [2.75, 3.05) is 5.32 Å². The Labute approximate surface area is 163 Å². The standard InChI is InChI=1S/C21H22N4OS/c1-4-25-13(2)9-15(14(25)3)10-16(11-22)20(26)24-21-18(12-23)17-7-5-6-8-19(17)27-21/h9-10H,4-8H2,1-3H3,(H,24,26)/b16-10+. The van der Waals surface area contributed by atoms with Gasteiger partial charge in [-0.25, -0.2) is 0 Å². The number of carbonyl (C=O) groups is 1. The van der Waals surface area contributed by atoms with Crippen molar-refractivity contribution in [3.05, 3.63) is 44.6 Å². The number of amides is 1. The minimum absolute atomic E-state index is 0.0432. The van der Waals surface area contributed by atoms with Crippen LogP contribution in [0.5, 0.6) is 0 Å². The van der Waals surface area contributed by atoms with Gasteiger partial charge in [-0.1, -0.05) is 0 Å². The van der Waals surface area contributed by atoms with Crippen molar-refractivity contribution in [3.8, 4) is 12.1 Å². The van der Waals surface area contributed by atoms with Crippen LogP contribution in [-0.2, 0) is 24.2 Å². The number of thiophene rings is 1. The molecule has 0 saturated heterocycles. The van der Waals surface area contributed by atoms with Crippen molar-refractivity contribution in [3.63, 3.8) is 0 Å². The van der Waals surface area contributed by atoms with E-state index in [4.69, 9.17) is 0 Å². The maximum atomic E-state index is 12.7. The predicted octanol–water partition coefficient (Wildman–Crippen LogP) is 4.48. The first-order valence-corrected chi connectivity index (χ1v) is 9.96. The van der Waals surface area contributed by atoms with Crippen LogP contribution in [-0.4, -0.2) is 10.5 Å². The maximum absolute atomic E-state index is 12.7. The maximum Gasteiger partial charge on any atom is 0.266 e. The Bertz CT molecular complexity index is 1010. The molecule has 0 spiro atoms. The fourth-order valence-corrected chi connectivity index (χ4v) is 4.94. The third kappa shape index (κ3) is 3.54. The highest BCUT2D eigenvalue weighted by Crippen LogP contribution is 2.37. The van der Waals surface area contributed by atoms with Gasteiger partial charge < -0.3 is 9.88 Å². The van der Waals surface area contributed by atoms with Crippen LogP contribution in [0.3, 0.4) is 0 Å². The summed E-state index contributed by atoms with van der Waals surface area (Å²) in [7, 11) is 0. The second kappa shape index (κ2) is 7.82. The zero-order valence-corrected chi connectivity index (χ0v) is 16.7. The summed E-state index contributed by atoms with van der Waals surface area (Å²) in [5.41, 5.74) is 4.66. The number of nitrogens with one attached hydrogen (secondary N) is 1. The second-order valence-electron chi connectivity index (χ2n) is 6.72. The molecule has 0 unspecified atom stereocenters. The van der Waals surface area contributed by atoms with Gasteiger partial charge in [0.25, 0.3) is 5.91 Å². The fraction of sp³-hybridized carbons (Fsp3) is 0.381. The van der Waals surface area contributed by atoms with Gasteiger partial charge in [0.1, 0.15) is 22.7 Å². The Morgan fingerprint density at radius 1 is 1.33 bits per heavy atom. The zero-order chi connectivity index (χ0) is 19.6. The molecule has 0 atom stereocenters. The molecule has 2 aromatic rings. The second-order valence-corrected chi connectivity index (χ2v) is 7.83. The molecule has 27 heavy (non-hydrogen) atoms. The average Bonchev–Trinajstić information content (AvgIpc) is 3.15. The van der Waals surface area contributed by atoms with Crippen molar-refractivity contribution in [2.45, 2.75) is 53.0 Å². The molecule has 0 saturated carbocycles. The molecule has 1 aliphatic carbocycles. The number of anilines is 1. The molecule has 0 fully saturated rings. The van der Waals surface area contributed by atoms with Crippen LogP contribution >= 0.6 is 11.3 Å². The van der Waals surface area contributed by atoms with E-state index in [0.29, 0.717) is 10.6 Å². The summed E-state index contributed by atoms with van der Waals surface area (Å²) in [5.74, 6) is -0.464. The number of hydrogen-bond donors (Lipinski definition) is 1. The summed E-state index contributed by atoms with van der Waals surface area (Å²) < 4.78 is 2.14. The lowest BCUT2D eigenvalue weighted by atomic mass is 9.96. The number of aryl methyl sites for hydroxylation is 2. The molecule has 2 aromatic heterocycles. The van der Waals surface area contributed by atoms with Gasteiger partial charge in [-0.2, -0.15) is 10.5 Å². The number of hydrogen-bond acceptors (Lipinski definition) is 4. The van der Waals surface area contributed by atoms with Crippen LogP contribution in [0.2, 0.25) is 0 Å². The number of rotatable bonds is 4. The molecule has 0 bridgehead atoms. The summed E-state index contributed by atoms with van der Waals surface area (Å²) in [5, 5.41) is 22.4. The Morgan fingerprint density at radius 2 is 2.07 bits per heavy atom. The highest BCUT2D eigenvalue weighted by atomic mass is 32.1. The third-order valence-electron chi connectivity index (χ3n) is 5.10. The third-order valence-corrected chi connectivity index (χ3v) is 6.31. The molecule has 0 aliphatic heterocycles. The summed E-state index contributed by atoms with van der Waals surface area (Å²) in [6.45, 7) is 6.89. The molecule has 3 rings (SSSR count). The van der Waals surface area contributed by atoms with Crippen molar-refractivity contribution >= 4 is 28.3 Å². The number of fused-ring (bicyclic) bond motifs is 1. The van der Waals surface area contributed by atoms with Crippen molar-refractivity contribution < 1.29 is 4.79 Å². The largest absolute Gasteiger partial charge is 0.349 e. The highest BCUT2D eigenvalue weighted by Gasteiger charge is 2.23. The lowest BCUT2D eigenvalue weighted by Crippen LogP contribution is -2.13. The van der Waals surface area contributed by atoms with Crippen LogP contribution in [0, 0.1) is 36.5 Å². The van der Waals surface area contributed by atoms with Crippen LogP contribution in [0.25, 0.3) is 6.08 Å². The van der Waals surface area contributed by atoms with E-state index < -0.39 is 5.91 Å². The van der Waals surface area contributed by atoms with E-state index in [9.17, 15) is 15.3 Å². The number of nitriles is 2. The van der Waals surface area contributed by atoms with Gasteiger partial charge in [-0.05, 0) is 69.7 Å². The van der Waals surface area contributed by atoms with Crippen LogP contribution in [0.4, 0.5) is 5.00 Å². The number of aromatic nitrogens is 1. The minimum atomic E-state index is -0.464. The van der Waals surface area contributed by atoms with E-state index in [1.807, 2.05) is 26.0 Å². The summed E-state index contributed by atoms with van der Waals surface area (Å²) >= 11 is 1.47. The summed E-state index contributed by atoms with van der Waals surface area (Å²) in [6.07, 6.45) is 5.65. The van der Waals surface area contributed by atoms with Gasteiger partial charge >= 0.3 is 0 Å². The Morgan fingerprint density at radius 3 is 2.70 bits per heavy atom. The molecule has 6 heteroatoms. The first-order chi connectivity index (χ1) is 13.0.